The van der Waals surface area contributed by atoms with E-state index in [-0.39, 0.29) is 48.6 Å². The van der Waals surface area contributed by atoms with Crippen molar-refractivity contribution >= 4 is 46.7 Å². The molecule has 0 aliphatic heterocycles. The Bertz CT molecular complexity index is 1590. The van der Waals surface area contributed by atoms with Crippen LogP contribution in [0.5, 0.6) is 0 Å². The van der Waals surface area contributed by atoms with Gasteiger partial charge >= 0.3 is 11.9 Å². The summed E-state index contributed by atoms with van der Waals surface area (Å²) in [5.41, 5.74) is -2.27. The van der Waals surface area contributed by atoms with Gasteiger partial charge in [-0.3, -0.25) is 9.59 Å². The van der Waals surface area contributed by atoms with E-state index >= 15 is 0 Å². The summed E-state index contributed by atoms with van der Waals surface area (Å²) in [6.07, 6.45) is 8.48. The van der Waals surface area contributed by atoms with Gasteiger partial charge in [-0.1, -0.05) is 32.4 Å². The van der Waals surface area contributed by atoms with E-state index in [2.05, 4.69) is 0 Å². The maximum atomic E-state index is 14.0. The molecule has 9 nitrogen and oxygen atoms in total. The van der Waals surface area contributed by atoms with Gasteiger partial charge in [0, 0.05) is 28.9 Å². The molecule has 11 heteroatoms. The van der Waals surface area contributed by atoms with Gasteiger partial charge < -0.3 is 23.4 Å². The molecule has 0 saturated heterocycles. The van der Waals surface area contributed by atoms with Gasteiger partial charge in [-0.05, 0) is 74.3 Å². The lowest BCUT2D eigenvalue weighted by atomic mass is 9.45. The van der Waals surface area contributed by atoms with Crippen LogP contribution >= 0.6 is 23.2 Å². The second kappa shape index (κ2) is 11.3. The largest absolute Gasteiger partial charge is 0.457 e. The maximum Gasteiger partial charge on any atom is 0.375 e. The summed E-state index contributed by atoms with van der Waals surface area (Å²) in [7, 11) is 0. The molecule has 6 rings (SSSR count). The topological polar surface area (TPSA) is 133 Å². The Morgan fingerprint density at radius 1 is 1.11 bits per heavy atom. The van der Waals surface area contributed by atoms with Crippen molar-refractivity contribution in [3.05, 3.63) is 71.6 Å². The Balaban J connectivity index is 1.50. The van der Waals surface area contributed by atoms with Crippen molar-refractivity contribution in [2.75, 3.05) is 12.5 Å². The molecule has 1 unspecified atom stereocenters. The van der Waals surface area contributed by atoms with Gasteiger partial charge in [0.15, 0.2) is 17.2 Å². The van der Waals surface area contributed by atoms with Crippen LogP contribution in [0.4, 0.5) is 0 Å². The van der Waals surface area contributed by atoms with Crippen LogP contribution in [0.2, 0.25) is 0 Å². The summed E-state index contributed by atoms with van der Waals surface area (Å²) in [5.74, 6) is -3.65. The summed E-state index contributed by atoms with van der Waals surface area (Å²) in [4.78, 5) is 52.6. The van der Waals surface area contributed by atoms with Crippen LogP contribution in [0, 0.1) is 28.6 Å². The van der Waals surface area contributed by atoms with Gasteiger partial charge in [-0.2, -0.15) is 0 Å². The predicted octanol–water partition coefficient (Wildman–Crippen LogP) is 5.86. The van der Waals surface area contributed by atoms with Gasteiger partial charge in [0.2, 0.25) is 11.5 Å². The first kappa shape index (κ1) is 31.8. The van der Waals surface area contributed by atoms with E-state index < -0.39 is 56.9 Å². The van der Waals surface area contributed by atoms with Crippen molar-refractivity contribution in [1.82, 2.24) is 0 Å². The Labute approximate surface area is 270 Å². The molecule has 2 aromatic heterocycles. The van der Waals surface area contributed by atoms with E-state index in [1.54, 1.807) is 18.2 Å². The number of aliphatic hydroxyl groups excluding tert-OH is 1. The van der Waals surface area contributed by atoms with E-state index in [1.165, 1.54) is 24.7 Å². The molecule has 1 N–H and O–H groups in total. The molecule has 0 bridgehead atoms. The lowest BCUT2D eigenvalue weighted by Gasteiger charge is -2.64. The smallest absolute Gasteiger partial charge is 0.375 e. The fourth-order valence-corrected chi connectivity index (χ4v) is 9.96. The number of esters is 2. The van der Waals surface area contributed by atoms with Crippen molar-refractivity contribution < 1.29 is 42.6 Å². The lowest BCUT2D eigenvalue weighted by molar-refractivity contribution is -0.177. The molecule has 4 aliphatic carbocycles. The van der Waals surface area contributed by atoms with E-state index in [9.17, 15) is 24.3 Å². The number of carbonyl (C=O) groups is 4. The summed E-state index contributed by atoms with van der Waals surface area (Å²) in [6.45, 7) is 5.54. The zero-order valence-corrected chi connectivity index (χ0v) is 26.9. The Kier molecular flexibility index (Phi) is 7.98. The van der Waals surface area contributed by atoms with Crippen LogP contribution in [-0.2, 0) is 25.5 Å². The highest BCUT2D eigenvalue weighted by atomic mass is 35.5. The van der Waals surface area contributed by atoms with Crippen LogP contribution in [0.25, 0.3) is 0 Å². The first-order valence-corrected chi connectivity index (χ1v) is 16.2. The number of halogens is 2. The number of hydrogen-bond acceptors (Lipinski definition) is 9. The van der Waals surface area contributed by atoms with Crippen molar-refractivity contribution in [2.24, 2.45) is 28.6 Å². The van der Waals surface area contributed by atoms with Gasteiger partial charge in [-0.15, -0.1) is 23.2 Å². The highest BCUT2D eigenvalue weighted by molar-refractivity contribution is 6.29. The van der Waals surface area contributed by atoms with E-state index in [4.69, 9.17) is 41.5 Å². The minimum Gasteiger partial charge on any atom is -0.457 e. The molecule has 240 valence electrons. The van der Waals surface area contributed by atoms with Gasteiger partial charge in [0.25, 0.3) is 0 Å². The normalized spacial score (nSPS) is 36.8. The predicted molar refractivity (Wildman–Crippen MR) is 163 cm³/mol. The quantitative estimate of drug-likeness (QED) is 0.273. The summed E-state index contributed by atoms with van der Waals surface area (Å²) in [5, 5.41) is 9.53. The molecule has 45 heavy (non-hydrogen) atoms. The minimum absolute atomic E-state index is 0.0485. The molecule has 0 aromatic carbocycles. The number of allylic oxidation sites excluding steroid dienone is 4. The van der Waals surface area contributed by atoms with E-state index in [1.807, 2.05) is 26.8 Å². The molecule has 4 aliphatic rings. The summed E-state index contributed by atoms with van der Waals surface area (Å²) in [6, 6.07) is 4.62. The Hall–Kier alpha value is -3.14. The molecule has 0 spiro atoms. The standard InChI is InChI=1S/C34H36Cl2O9/c1-19-15-24-23-7-6-21-16-22(38)8-11-31(21,2)33(23,36)27(44-30(41)28-20(9-12-37)10-14-43-28)17-32(24,3)34(19,26(39)18-35)45-29(40)25-5-4-13-42-25/h4-5,8,10-11,13-14,16,19,23-24,27,37H,6-7,9,12,15,17-18H2,1-3H3/t19-,23+,24+,27+,31+,32+,33?,34+/m1/s1. The first-order chi connectivity index (χ1) is 21.4. The molecule has 8 atom stereocenters. The van der Waals surface area contributed by atoms with Crippen LogP contribution in [0.1, 0.15) is 73.1 Å². The number of aliphatic hydroxyl groups is 1. The first-order valence-electron chi connectivity index (χ1n) is 15.2. The second-order valence-corrected chi connectivity index (χ2v) is 14.1. The number of ketones is 2. The molecular formula is C34H36Cl2O9. The fraction of sp³-hybridized carbons (Fsp3) is 0.529. The molecule has 0 amide bonds. The number of alkyl halides is 2. The molecular weight excluding hydrogens is 623 g/mol. The third kappa shape index (κ3) is 4.44. The van der Waals surface area contributed by atoms with E-state index in [0.717, 1.165) is 5.57 Å². The van der Waals surface area contributed by atoms with E-state index in [0.29, 0.717) is 24.8 Å². The van der Waals surface area contributed by atoms with Gasteiger partial charge in [0.05, 0.1) is 23.3 Å². The molecule has 2 aromatic rings. The zero-order valence-electron chi connectivity index (χ0n) is 25.3. The van der Waals surface area contributed by atoms with Gasteiger partial charge in [0.1, 0.15) is 6.10 Å². The number of furan rings is 2. The highest BCUT2D eigenvalue weighted by Gasteiger charge is 2.77. The SMILES string of the molecule is C[C@@H]1C[C@H]2[C@@H]3CCC4=CC(=O)C=C[C@]4(C)C3(Cl)[C@@H](OC(=O)c3occc3CCO)C[C@]2(C)[C@@]1(OC(=O)c1ccco1)C(=O)CCl. The summed E-state index contributed by atoms with van der Waals surface area (Å²) < 4.78 is 23.4. The van der Waals surface area contributed by atoms with Crippen molar-refractivity contribution in [3.63, 3.8) is 0 Å². The zero-order chi connectivity index (χ0) is 32.4. The maximum absolute atomic E-state index is 14.0. The average Bonchev–Trinajstić information content (AvgIpc) is 3.75. The number of Topliss-reactive ketones (excluding diaryl/α,β-unsaturated/α-hetero) is 1. The molecule has 2 heterocycles. The van der Waals surface area contributed by atoms with Crippen molar-refractivity contribution in [2.45, 2.75) is 69.5 Å². The van der Waals surface area contributed by atoms with Crippen molar-refractivity contribution in [1.29, 1.82) is 0 Å². The minimum atomic E-state index is -1.67. The highest BCUT2D eigenvalue weighted by Crippen LogP contribution is 2.72. The lowest BCUT2D eigenvalue weighted by Crippen LogP contribution is -2.70. The van der Waals surface area contributed by atoms with Crippen LogP contribution in [-0.4, -0.2) is 57.7 Å². The van der Waals surface area contributed by atoms with Crippen LogP contribution in [0.15, 0.2) is 63.4 Å². The Morgan fingerprint density at radius 3 is 2.58 bits per heavy atom. The van der Waals surface area contributed by atoms with Crippen LogP contribution in [0.3, 0.4) is 0 Å². The fourth-order valence-electron chi connectivity index (χ4n) is 9.19. The molecule has 0 radical (unpaired) electrons. The third-order valence-electron chi connectivity index (χ3n) is 11.2. The molecule has 3 saturated carbocycles. The van der Waals surface area contributed by atoms with Crippen molar-refractivity contribution in [3.8, 4) is 0 Å². The average molecular weight is 660 g/mol. The van der Waals surface area contributed by atoms with Gasteiger partial charge in [-0.25, -0.2) is 9.59 Å². The monoisotopic (exact) mass is 658 g/mol. The number of ether oxygens (including phenoxy) is 2. The van der Waals surface area contributed by atoms with Crippen LogP contribution < -0.4 is 0 Å². The number of carbonyl (C=O) groups excluding carboxylic acids is 4. The number of rotatable bonds is 8. The number of fused-ring (bicyclic) bond motifs is 5. The third-order valence-corrected chi connectivity index (χ3v) is 12.4. The summed E-state index contributed by atoms with van der Waals surface area (Å²) >= 11 is 14.2. The number of hydrogen-bond donors (Lipinski definition) is 1. The Morgan fingerprint density at radius 2 is 1.89 bits per heavy atom. The second-order valence-electron chi connectivity index (χ2n) is 13.2. The molecule has 3 fully saturated rings.